The van der Waals surface area contributed by atoms with Crippen LogP contribution in [0, 0.1) is 5.92 Å². The molecule has 0 bridgehead atoms. The number of piperidine rings is 1. The largest absolute Gasteiger partial charge is 0.316 e. The molecule has 0 spiro atoms. The maximum absolute atomic E-state index is 4.44. The molecular weight excluding hydrogens is 200 g/mol. The molecule has 0 saturated carbocycles. The first-order valence-corrected chi connectivity index (χ1v) is 6.93. The molecule has 2 nitrogen and oxygen atoms in total. The first kappa shape index (κ1) is 9.87. The summed E-state index contributed by atoms with van der Waals surface area (Å²) >= 11 is 3.89. The van der Waals surface area contributed by atoms with Crippen molar-refractivity contribution < 1.29 is 0 Å². The first-order chi connectivity index (χ1) is 6.45. The van der Waals surface area contributed by atoms with Gasteiger partial charge in [-0.25, -0.2) is 0 Å². The van der Waals surface area contributed by atoms with Crippen LogP contribution >= 0.6 is 23.5 Å². The van der Waals surface area contributed by atoms with E-state index in [2.05, 4.69) is 10.3 Å². The van der Waals surface area contributed by atoms with Gasteiger partial charge in [-0.3, -0.25) is 4.99 Å². The second-order valence-corrected chi connectivity index (χ2v) is 5.87. The van der Waals surface area contributed by atoms with E-state index < -0.39 is 0 Å². The third-order valence-electron chi connectivity index (χ3n) is 2.40. The Kier molecular flexibility index (Phi) is 4.00. The Bertz CT molecular complexity index is 188. The van der Waals surface area contributed by atoms with Crippen molar-refractivity contribution in [1.82, 2.24) is 5.32 Å². The van der Waals surface area contributed by atoms with Crippen LogP contribution in [0.2, 0.25) is 0 Å². The Labute approximate surface area is 88.3 Å². The number of hydrogen-bond donors (Lipinski definition) is 1. The van der Waals surface area contributed by atoms with Crippen LogP contribution < -0.4 is 5.32 Å². The summed E-state index contributed by atoms with van der Waals surface area (Å²) in [5.41, 5.74) is 0. The molecule has 2 aliphatic rings. The summed E-state index contributed by atoms with van der Waals surface area (Å²) in [5.74, 6) is 3.34. The Morgan fingerprint density at radius 3 is 3.31 bits per heavy atom. The average Bonchev–Trinajstić information content (AvgIpc) is 2.69. The predicted octanol–water partition coefficient (Wildman–Crippen LogP) is 1.82. The van der Waals surface area contributed by atoms with Crippen molar-refractivity contribution in [3.8, 4) is 0 Å². The summed E-state index contributed by atoms with van der Waals surface area (Å²) in [6, 6.07) is 0. The maximum Gasteiger partial charge on any atom is 0.124 e. The second-order valence-electron chi connectivity index (χ2n) is 3.52. The number of hydrogen-bond acceptors (Lipinski definition) is 4. The Morgan fingerprint density at radius 2 is 2.62 bits per heavy atom. The van der Waals surface area contributed by atoms with Gasteiger partial charge in [-0.05, 0) is 31.8 Å². The molecule has 0 aromatic heterocycles. The number of nitrogens with one attached hydrogen (secondary N) is 1. The van der Waals surface area contributed by atoms with E-state index in [0.29, 0.717) is 0 Å². The zero-order valence-electron chi connectivity index (χ0n) is 7.79. The van der Waals surface area contributed by atoms with Gasteiger partial charge in [-0.15, -0.1) is 0 Å². The summed E-state index contributed by atoms with van der Waals surface area (Å²) < 4.78 is 1.32. The summed E-state index contributed by atoms with van der Waals surface area (Å²) in [7, 11) is 0. The third kappa shape index (κ3) is 3.18. The predicted molar refractivity (Wildman–Crippen MR) is 62.8 cm³/mol. The van der Waals surface area contributed by atoms with Crippen LogP contribution in [-0.2, 0) is 0 Å². The SMILES string of the molecule is C1CNCC(CSC2=NCCS2)C1. The van der Waals surface area contributed by atoms with Crippen LogP contribution in [0.25, 0.3) is 0 Å². The molecule has 2 rings (SSSR count). The molecular formula is C9H16N2S2. The van der Waals surface area contributed by atoms with Gasteiger partial charge in [-0.1, -0.05) is 23.5 Å². The van der Waals surface area contributed by atoms with Gasteiger partial charge in [-0.2, -0.15) is 0 Å². The van der Waals surface area contributed by atoms with Gasteiger partial charge < -0.3 is 5.32 Å². The lowest BCUT2D eigenvalue weighted by Gasteiger charge is -2.21. The van der Waals surface area contributed by atoms with Gasteiger partial charge in [0.2, 0.25) is 0 Å². The van der Waals surface area contributed by atoms with Gasteiger partial charge in [0.15, 0.2) is 0 Å². The topological polar surface area (TPSA) is 24.4 Å². The summed E-state index contributed by atoms with van der Waals surface area (Å²) in [6.45, 7) is 3.47. The molecule has 1 atom stereocenters. The fraction of sp³-hybridized carbons (Fsp3) is 0.889. The van der Waals surface area contributed by atoms with Crippen LogP contribution in [0.4, 0.5) is 0 Å². The minimum absolute atomic E-state index is 0.877. The molecule has 0 aromatic carbocycles. The smallest absolute Gasteiger partial charge is 0.124 e. The highest BCUT2D eigenvalue weighted by molar-refractivity contribution is 8.39. The van der Waals surface area contributed by atoms with Gasteiger partial charge in [0.25, 0.3) is 0 Å². The minimum atomic E-state index is 0.877. The van der Waals surface area contributed by atoms with Crippen LogP contribution in [-0.4, -0.2) is 35.5 Å². The van der Waals surface area contributed by atoms with E-state index in [1.165, 1.54) is 41.8 Å². The minimum Gasteiger partial charge on any atom is -0.316 e. The lowest BCUT2D eigenvalue weighted by atomic mass is 10.0. The molecule has 1 saturated heterocycles. The van der Waals surface area contributed by atoms with E-state index in [-0.39, 0.29) is 0 Å². The molecule has 1 fully saturated rings. The molecule has 13 heavy (non-hydrogen) atoms. The van der Waals surface area contributed by atoms with Crippen molar-refractivity contribution in [1.29, 1.82) is 0 Å². The number of aliphatic imine (C=N–C) groups is 1. The molecule has 1 unspecified atom stereocenters. The molecule has 74 valence electrons. The van der Waals surface area contributed by atoms with Crippen molar-refractivity contribution in [2.24, 2.45) is 10.9 Å². The Balaban J connectivity index is 1.66. The van der Waals surface area contributed by atoms with Crippen LogP contribution in [0.3, 0.4) is 0 Å². The summed E-state index contributed by atoms with van der Waals surface area (Å²) in [6.07, 6.45) is 2.75. The second kappa shape index (κ2) is 5.27. The maximum atomic E-state index is 4.44. The lowest BCUT2D eigenvalue weighted by Crippen LogP contribution is -2.31. The van der Waals surface area contributed by atoms with Crippen molar-refractivity contribution >= 4 is 27.9 Å². The number of nitrogens with zero attached hydrogens (tertiary/aromatic N) is 1. The van der Waals surface area contributed by atoms with E-state index in [4.69, 9.17) is 0 Å². The highest BCUT2D eigenvalue weighted by Gasteiger charge is 2.15. The lowest BCUT2D eigenvalue weighted by molar-refractivity contribution is 0.411. The van der Waals surface area contributed by atoms with Crippen LogP contribution in [0.1, 0.15) is 12.8 Å². The number of thioether (sulfide) groups is 2. The normalized spacial score (nSPS) is 28.9. The Morgan fingerprint density at radius 1 is 1.62 bits per heavy atom. The van der Waals surface area contributed by atoms with E-state index in [1.54, 1.807) is 0 Å². The van der Waals surface area contributed by atoms with E-state index in [9.17, 15) is 0 Å². The average molecular weight is 216 g/mol. The molecule has 2 aliphatic heterocycles. The van der Waals surface area contributed by atoms with Crippen molar-refractivity contribution in [3.05, 3.63) is 0 Å². The standard InChI is InChI=1S/C9H16N2S2/c1-2-8(6-10-3-1)7-13-9-11-4-5-12-9/h8,10H,1-7H2. The molecule has 1 N–H and O–H groups in total. The highest BCUT2D eigenvalue weighted by Crippen LogP contribution is 2.25. The zero-order chi connectivity index (χ0) is 8.93. The van der Waals surface area contributed by atoms with Crippen molar-refractivity contribution in [2.45, 2.75) is 12.8 Å². The summed E-state index contributed by atoms with van der Waals surface area (Å²) in [5, 5.41) is 3.45. The van der Waals surface area contributed by atoms with E-state index >= 15 is 0 Å². The van der Waals surface area contributed by atoms with Crippen LogP contribution in [0.5, 0.6) is 0 Å². The fourth-order valence-electron chi connectivity index (χ4n) is 1.66. The van der Waals surface area contributed by atoms with E-state index in [0.717, 1.165) is 12.5 Å². The van der Waals surface area contributed by atoms with Gasteiger partial charge >= 0.3 is 0 Å². The quantitative estimate of drug-likeness (QED) is 0.762. The van der Waals surface area contributed by atoms with Crippen molar-refractivity contribution in [3.63, 3.8) is 0 Å². The molecule has 2 heterocycles. The molecule has 0 radical (unpaired) electrons. The molecule has 4 heteroatoms. The van der Waals surface area contributed by atoms with Gasteiger partial charge in [0.05, 0.1) is 6.54 Å². The van der Waals surface area contributed by atoms with Crippen molar-refractivity contribution in [2.75, 3.05) is 31.1 Å². The molecule has 0 aromatic rings. The van der Waals surface area contributed by atoms with Gasteiger partial charge in [0.1, 0.15) is 4.38 Å². The summed E-state index contributed by atoms with van der Waals surface area (Å²) in [4.78, 5) is 4.44. The monoisotopic (exact) mass is 216 g/mol. The van der Waals surface area contributed by atoms with Crippen LogP contribution in [0.15, 0.2) is 4.99 Å². The van der Waals surface area contributed by atoms with E-state index in [1.807, 2.05) is 23.5 Å². The number of rotatable bonds is 2. The molecule has 0 aliphatic carbocycles. The highest BCUT2D eigenvalue weighted by atomic mass is 32.2. The first-order valence-electron chi connectivity index (χ1n) is 4.96. The fourth-order valence-corrected chi connectivity index (χ4v) is 3.83. The zero-order valence-corrected chi connectivity index (χ0v) is 9.42. The third-order valence-corrected chi connectivity index (χ3v) is 4.88. The molecule has 0 amide bonds. The Hall–Kier alpha value is 0.330. The van der Waals surface area contributed by atoms with Gasteiger partial charge in [0, 0.05) is 11.5 Å².